The first-order valence-corrected chi connectivity index (χ1v) is 12.4. The first-order valence-electron chi connectivity index (χ1n) is 12.4. The molecule has 1 fully saturated rings. The van der Waals surface area contributed by atoms with Crippen LogP contribution in [0.3, 0.4) is 0 Å². The van der Waals surface area contributed by atoms with E-state index in [4.69, 9.17) is 13.9 Å². The van der Waals surface area contributed by atoms with E-state index in [0.29, 0.717) is 19.1 Å². The van der Waals surface area contributed by atoms with Gasteiger partial charge in [-0.15, -0.1) is 0 Å². The lowest BCUT2D eigenvalue weighted by molar-refractivity contribution is -0.117. The summed E-state index contributed by atoms with van der Waals surface area (Å²) in [5, 5.41) is 4.20. The SMILES string of the molecule is CCOc1ccc(-c2coc3cc(OCC)c(/C(C)=C/C(=O)NC4CCCCC4C)cc23)cc1. The molecule has 1 aliphatic rings. The molecule has 1 N–H and O–H groups in total. The lowest BCUT2D eigenvalue weighted by Crippen LogP contribution is -2.40. The van der Waals surface area contributed by atoms with Gasteiger partial charge in [0.25, 0.3) is 0 Å². The van der Waals surface area contributed by atoms with Crippen molar-refractivity contribution in [3.63, 3.8) is 0 Å². The molecule has 0 radical (unpaired) electrons. The van der Waals surface area contributed by atoms with Crippen molar-refractivity contribution < 1.29 is 18.7 Å². The number of nitrogens with one attached hydrogen (secondary N) is 1. The Morgan fingerprint density at radius 2 is 1.82 bits per heavy atom. The normalized spacial score (nSPS) is 18.6. The van der Waals surface area contributed by atoms with Crippen molar-refractivity contribution in [2.24, 2.45) is 5.92 Å². The second-order valence-corrected chi connectivity index (χ2v) is 9.09. The van der Waals surface area contributed by atoms with Gasteiger partial charge in [-0.25, -0.2) is 0 Å². The van der Waals surface area contributed by atoms with Crippen LogP contribution < -0.4 is 14.8 Å². The molecule has 0 aliphatic heterocycles. The van der Waals surface area contributed by atoms with Crippen LogP contribution in [-0.2, 0) is 4.79 Å². The van der Waals surface area contributed by atoms with E-state index in [1.165, 1.54) is 19.3 Å². The van der Waals surface area contributed by atoms with E-state index in [2.05, 4.69) is 18.3 Å². The fourth-order valence-corrected chi connectivity index (χ4v) is 4.79. The van der Waals surface area contributed by atoms with Gasteiger partial charge in [0.05, 0.1) is 19.5 Å². The van der Waals surface area contributed by atoms with E-state index in [9.17, 15) is 4.79 Å². The third-order valence-corrected chi connectivity index (χ3v) is 6.66. The lowest BCUT2D eigenvalue weighted by Gasteiger charge is -2.29. The van der Waals surface area contributed by atoms with Crippen LogP contribution in [0.2, 0.25) is 0 Å². The maximum absolute atomic E-state index is 12.8. The summed E-state index contributed by atoms with van der Waals surface area (Å²) >= 11 is 0. The Kier molecular flexibility index (Phi) is 7.61. The number of carbonyl (C=O) groups excluding carboxylic acids is 1. The smallest absolute Gasteiger partial charge is 0.244 e. The van der Waals surface area contributed by atoms with Crippen LogP contribution in [-0.4, -0.2) is 25.2 Å². The molecule has 3 aromatic rings. The average Bonchev–Trinajstić information content (AvgIpc) is 3.24. The molecule has 34 heavy (non-hydrogen) atoms. The molecule has 1 aliphatic carbocycles. The minimum Gasteiger partial charge on any atom is -0.494 e. The summed E-state index contributed by atoms with van der Waals surface area (Å²) in [4.78, 5) is 12.8. The molecule has 5 nitrogen and oxygen atoms in total. The first kappa shape index (κ1) is 23.9. The summed E-state index contributed by atoms with van der Waals surface area (Å²) in [6.07, 6.45) is 8.13. The molecule has 2 unspecified atom stereocenters. The van der Waals surface area contributed by atoms with Gasteiger partial charge in [-0.3, -0.25) is 4.79 Å². The van der Waals surface area contributed by atoms with E-state index < -0.39 is 0 Å². The quantitative estimate of drug-likeness (QED) is 0.367. The van der Waals surface area contributed by atoms with E-state index in [-0.39, 0.29) is 11.9 Å². The highest BCUT2D eigenvalue weighted by Crippen LogP contribution is 2.38. The number of ether oxygens (including phenoxy) is 2. The molecule has 2 atom stereocenters. The van der Waals surface area contributed by atoms with Crippen molar-refractivity contribution in [2.75, 3.05) is 13.2 Å². The second kappa shape index (κ2) is 10.8. The lowest BCUT2D eigenvalue weighted by atomic mass is 9.86. The number of benzene rings is 2. The molecule has 2 aromatic carbocycles. The average molecular weight is 462 g/mol. The van der Waals surface area contributed by atoms with Gasteiger partial charge < -0.3 is 19.2 Å². The van der Waals surface area contributed by atoms with Crippen molar-refractivity contribution in [3.8, 4) is 22.6 Å². The minimum absolute atomic E-state index is 0.0438. The maximum Gasteiger partial charge on any atom is 0.244 e. The molecule has 0 spiro atoms. The summed E-state index contributed by atoms with van der Waals surface area (Å²) in [5.74, 6) is 2.03. The van der Waals surface area contributed by atoms with Gasteiger partial charge >= 0.3 is 0 Å². The van der Waals surface area contributed by atoms with Crippen LogP contribution in [0.5, 0.6) is 11.5 Å². The fourth-order valence-electron chi connectivity index (χ4n) is 4.79. The van der Waals surface area contributed by atoms with E-state index in [1.807, 2.05) is 51.1 Å². The Morgan fingerprint density at radius 1 is 1.09 bits per heavy atom. The van der Waals surface area contributed by atoms with Gasteiger partial charge in [0.1, 0.15) is 17.1 Å². The molecule has 1 amide bonds. The van der Waals surface area contributed by atoms with Crippen LogP contribution in [0.1, 0.15) is 58.9 Å². The van der Waals surface area contributed by atoms with Gasteiger partial charge in [0.15, 0.2) is 0 Å². The Labute approximate surface area is 202 Å². The Balaban J connectivity index is 1.66. The summed E-state index contributed by atoms with van der Waals surface area (Å²) < 4.78 is 17.4. The molecular formula is C29H35NO4. The zero-order valence-electron chi connectivity index (χ0n) is 20.6. The van der Waals surface area contributed by atoms with Gasteiger partial charge in [-0.2, -0.15) is 0 Å². The Hall–Kier alpha value is -3.21. The minimum atomic E-state index is -0.0438. The van der Waals surface area contributed by atoms with E-state index in [0.717, 1.165) is 51.2 Å². The number of hydrogen-bond acceptors (Lipinski definition) is 4. The molecular weight excluding hydrogens is 426 g/mol. The van der Waals surface area contributed by atoms with Crippen molar-refractivity contribution in [2.45, 2.75) is 59.4 Å². The number of amides is 1. The highest BCUT2D eigenvalue weighted by Gasteiger charge is 2.22. The number of allylic oxidation sites excluding steroid dienone is 1. The number of rotatable bonds is 8. The van der Waals surface area contributed by atoms with Crippen LogP contribution in [0, 0.1) is 5.92 Å². The van der Waals surface area contributed by atoms with Crippen LogP contribution in [0.4, 0.5) is 0 Å². The third-order valence-electron chi connectivity index (χ3n) is 6.66. The second-order valence-electron chi connectivity index (χ2n) is 9.09. The predicted molar refractivity (Wildman–Crippen MR) is 137 cm³/mol. The highest BCUT2D eigenvalue weighted by molar-refractivity contribution is 6.00. The largest absolute Gasteiger partial charge is 0.494 e. The zero-order chi connectivity index (χ0) is 24.1. The first-order chi connectivity index (χ1) is 16.5. The summed E-state index contributed by atoms with van der Waals surface area (Å²) in [7, 11) is 0. The van der Waals surface area contributed by atoms with Crippen LogP contribution in [0.15, 0.2) is 53.2 Å². The monoisotopic (exact) mass is 461 g/mol. The van der Waals surface area contributed by atoms with Gasteiger partial charge in [-0.05, 0) is 68.9 Å². The topological polar surface area (TPSA) is 60.7 Å². The molecule has 0 saturated heterocycles. The fraction of sp³-hybridized carbons (Fsp3) is 0.414. The molecule has 180 valence electrons. The van der Waals surface area contributed by atoms with Crippen molar-refractivity contribution in [1.82, 2.24) is 5.32 Å². The molecule has 1 saturated carbocycles. The summed E-state index contributed by atoms with van der Waals surface area (Å²) in [6, 6.07) is 12.2. The number of furan rings is 1. The van der Waals surface area contributed by atoms with Gasteiger partial charge in [-0.1, -0.05) is 31.9 Å². The van der Waals surface area contributed by atoms with Gasteiger partial charge in [0, 0.05) is 34.7 Å². The number of carbonyl (C=O) groups is 1. The molecule has 4 rings (SSSR count). The van der Waals surface area contributed by atoms with E-state index >= 15 is 0 Å². The Morgan fingerprint density at radius 3 is 2.53 bits per heavy atom. The zero-order valence-corrected chi connectivity index (χ0v) is 20.6. The predicted octanol–water partition coefficient (Wildman–Crippen LogP) is 7.00. The molecule has 0 bridgehead atoms. The standard InChI is InChI=1S/C29H35NO4/c1-5-32-22-13-11-21(12-14-22)25-18-34-28-17-27(33-6-2)23(16-24(25)28)20(4)15-29(31)30-26-10-8-7-9-19(26)3/h11-19,26H,5-10H2,1-4H3,(H,30,31)/b20-15+. The van der Waals surface area contributed by atoms with Gasteiger partial charge in [0.2, 0.25) is 5.91 Å². The van der Waals surface area contributed by atoms with Crippen molar-refractivity contribution in [3.05, 3.63) is 54.3 Å². The molecule has 5 heteroatoms. The highest BCUT2D eigenvalue weighted by atomic mass is 16.5. The molecule has 1 aromatic heterocycles. The van der Waals surface area contributed by atoms with Crippen LogP contribution in [0.25, 0.3) is 27.7 Å². The Bertz CT molecular complexity index is 1160. The number of hydrogen-bond donors (Lipinski definition) is 1. The van der Waals surface area contributed by atoms with E-state index in [1.54, 1.807) is 12.3 Å². The van der Waals surface area contributed by atoms with Crippen molar-refractivity contribution in [1.29, 1.82) is 0 Å². The number of fused-ring (bicyclic) bond motifs is 1. The summed E-state index contributed by atoms with van der Waals surface area (Å²) in [5.41, 5.74) is 4.56. The summed E-state index contributed by atoms with van der Waals surface area (Å²) in [6.45, 7) is 9.28. The molecule has 1 heterocycles. The third kappa shape index (κ3) is 5.30. The van der Waals surface area contributed by atoms with Crippen molar-refractivity contribution >= 4 is 22.4 Å². The van der Waals surface area contributed by atoms with Crippen LogP contribution >= 0.6 is 0 Å². The maximum atomic E-state index is 12.8.